The summed E-state index contributed by atoms with van der Waals surface area (Å²) in [4.78, 5) is 0. The fourth-order valence-electron chi connectivity index (χ4n) is 7.21. The molecule has 0 aliphatic carbocycles. The highest BCUT2D eigenvalue weighted by Gasteiger charge is 2.38. The number of halogens is 4. The predicted octanol–water partition coefficient (Wildman–Crippen LogP) is 13.8. The maximum absolute atomic E-state index is 14.3. The molecule has 0 fully saturated rings. The molecule has 4 aromatic carbocycles. The van der Waals surface area contributed by atoms with E-state index in [1.807, 2.05) is 60.7 Å². The Balaban J connectivity index is 1.28. The third-order valence-corrected chi connectivity index (χ3v) is 10.1. The third-order valence-electron chi connectivity index (χ3n) is 10.1. The third kappa shape index (κ3) is 15.0. The molecular formula is C47H57F4NO2. The van der Waals surface area contributed by atoms with Gasteiger partial charge >= 0.3 is 6.18 Å². The van der Waals surface area contributed by atoms with E-state index < -0.39 is 24.0 Å². The lowest BCUT2D eigenvalue weighted by Crippen LogP contribution is -2.36. The fourth-order valence-corrected chi connectivity index (χ4v) is 7.21. The van der Waals surface area contributed by atoms with Crippen molar-refractivity contribution in [3.63, 3.8) is 0 Å². The molecule has 0 radical (unpaired) electrons. The van der Waals surface area contributed by atoms with Crippen LogP contribution in [0.15, 0.2) is 109 Å². The van der Waals surface area contributed by atoms with Crippen LogP contribution in [-0.4, -0.2) is 18.9 Å². The van der Waals surface area contributed by atoms with E-state index in [9.17, 15) is 22.8 Å². The molecule has 0 bridgehead atoms. The van der Waals surface area contributed by atoms with Crippen molar-refractivity contribution in [2.45, 2.75) is 134 Å². The molecule has 0 unspecified atom stereocenters. The molecule has 290 valence electrons. The number of rotatable bonds is 26. The van der Waals surface area contributed by atoms with Crippen molar-refractivity contribution in [2.75, 3.05) is 6.61 Å². The molecule has 0 N–H and O–H groups in total. The summed E-state index contributed by atoms with van der Waals surface area (Å²) < 4.78 is 64.6. The molecule has 4 aromatic rings. The molecule has 0 aliphatic rings. The summed E-state index contributed by atoms with van der Waals surface area (Å²) in [5.74, 6) is -0.451. The molecule has 1 atom stereocenters. The van der Waals surface area contributed by atoms with Crippen molar-refractivity contribution >= 4 is 0 Å². The second-order valence-corrected chi connectivity index (χ2v) is 14.4. The van der Waals surface area contributed by atoms with Crippen molar-refractivity contribution in [3.8, 4) is 6.07 Å². The Morgan fingerprint density at radius 1 is 0.556 bits per heavy atom. The van der Waals surface area contributed by atoms with E-state index in [4.69, 9.17) is 9.47 Å². The van der Waals surface area contributed by atoms with Crippen LogP contribution in [0.25, 0.3) is 0 Å². The highest BCUT2D eigenvalue weighted by molar-refractivity contribution is 5.47. The first-order chi connectivity index (χ1) is 26.3. The number of ether oxygens (including phenoxy) is 2. The number of hydrogen-bond donors (Lipinski definition) is 0. The minimum absolute atomic E-state index is 0.178. The van der Waals surface area contributed by atoms with Crippen LogP contribution in [0.4, 0.5) is 17.6 Å². The number of alkyl halides is 3. The Labute approximate surface area is 320 Å². The maximum Gasteiger partial charge on any atom is 0.389 e. The topological polar surface area (TPSA) is 42.2 Å². The van der Waals surface area contributed by atoms with Gasteiger partial charge in [-0.15, -0.1) is 0 Å². The Hall–Kier alpha value is -3.99. The van der Waals surface area contributed by atoms with Crippen molar-refractivity contribution < 1.29 is 27.0 Å². The van der Waals surface area contributed by atoms with E-state index in [0.29, 0.717) is 18.6 Å². The van der Waals surface area contributed by atoms with Crippen LogP contribution in [0.1, 0.15) is 137 Å². The van der Waals surface area contributed by atoms with Gasteiger partial charge in [0.2, 0.25) is 0 Å². The Morgan fingerprint density at radius 2 is 0.981 bits per heavy atom. The molecule has 54 heavy (non-hydrogen) atoms. The van der Waals surface area contributed by atoms with Crippen LogP contribution in [0.5, 0.6) is 0 Å². The zero-order valence-electron chi connectivity index (χ0n) is 31.7. The lowest BCUT2D eigenvalue weighted by Gasteiger charge is -2.37. The lowest BCUT2D eigenvalue weighted by molar-refractivity contribution is -0.135. The van der Waals surface area contributed by atoms with Gasteiger partial charge in [-0.05, 0) is 53.3 Å². The highest BCUT2D eigenvalue weighted by Crippen LogP contribution is 2.41. The molecule has 4 rings (SSSR count). The highest BCUT2D eigenvalue weighted by atomic mass is 19.4. The Bertz CT molecular complexity index is 1530. The van der Waals surface area contributed by atoms with E-state index in [0.717, 1.165) is 61.6 Å². The average Bonchev–Trinajstić information content (AvgIpc) is 3.18. The van der Waals surface area contributed by atoms with E-state index in [1.54, 1.807) is 6.07 Å². The van der Waals surface area contributed by atoms with Gasteiger partial charge < -0.3 is 9.47 Å². The van der Waals surface area contributed by atoms with Gasteiger partial charge in [0.05, 0.1) is 31.0 Å². The van der Waals surface area contributed by atoms with Gasteiger partial charge in [0, 0.05) is 6.42 Å². The fraction of sp³-hybridized carbons (Fsp3) is 0.468. The molecule has 0 saturated carbocycles. The first-order valence-corrected chi connectivity index (χ1v) is 20.0. The molecule has 0 aliphatic heterocycles. The van der Waals surface area contributed by atoms with Gasteiger partial charge in [-0.3, -0.25) is 0 Å². The average molecular weight is 744 g/mol. The van der Waals surface area contributed by atoms with E-state index in [1.165, 1.54) is 57.1 Å². The molecular weight excluding hydrogens is 687 g/mol. The van der Waals surface area contributed by atoms with Gasteiger partial charge in [-0.1, -0.05) is 181 Å². The zero-order valence-corrected chi connectivity index (χ0v) is 31.7. The van der Waals surface area contributed by atoms with Crippen LogP contribution >= 0.6 is 0 Å². The number of nitriles is 1. The smallest absolute Gasteiger partial charge is 0.371 e. The van der Waals surface area contributed by atoms with Crippen LogP contribution < -0.4 is 0 Å². The summed E-state index contributed by atoms with van der Waals surface area (Å²) in [6.07, 6.45) is 11.6. The number of benzene rings is 4. The monoisotopic (exact) mass is 743 g/mol. The zero-order chi connectivity index (χ0) is 38.3. The first-order valence-electron chi connectivity index (χ1n) is 20.0. The summed E-state index contributed by atoms with van der Waals surface area (Å²) >= 11 is 0. The predicted molar refractivity (Wildman–Crippen MR) is 209 cm³/mol. The SMILES string of the molecule is N#Cc1cc(F)cc(CO[C@@H](CCCCCCCCCCCCCCCCCC(F)(F)F)COC(c2ccccc2)(c2ccccc2)c2ccccc2)c1. The van der Waals surface area contributed by atoms with Gasteiger partial charge in [-0.2, -0.15) is 18.4 Å². The summed E-state index contributed by atoms with van der Waals surface area (Å²) in [6, 6.07) is 37.2. The van der Waals surface area contributed by atoms with Gasteiger partial charge in [-0.25, -0.2) is 4.39 Å². The van der Waals surface area contributed by atoms with Crippen LogP contribution in [0, 0.1) is 17.1 Å². The lowest BCUT2D eigenvalue weighted by atomic mass is 9.80. The van der Waals surface area contributed by atoms with Crippen molar-refractivity contribution in [1.29, 1.82) is 5.26 Å². The normalized spacial score (nSPS) is 12.4. The van der Waals surface area contributed by atoms with Crippen LogP contribution in [-0.2, 0) is 21.7 Å². The number of nitrogens with zero attached hydrogens (tertiary/aromatic N) is 1. The summed E-state index contributed by atoms with van der Waals surface area (Å²) in [7, 11) is 0. The van der Waals surface area contributed by atoms with Gasteiger partial charge in [0.25, 0.3) is 0 Å². The van der Waals surface area contributed by atoms with E-state index in [2.05, 4.69) is 36.4 Å². The second-order valence-electron chi connectivity index (χ2n) is 14.4. The first kappa shape index (κ1) is 42.7. The summed E-state index contributed by atoms with van der Waals surface area (Å²) in [6.45, 7) is 0.495. The minimum Gasteiger partial charge on any atom is -0.371 e. The molecule has 3 nitrogen and oxygen atoms in total. The molecule has 0 aromatic heterocycles. The Morgan fingerprint density at radius 3 is 1.41 bits per heavy atom. The Kier molecular flexibility index (Phi) is 18.8. The summed E-state index contributed by atoms with van der Waals surface area (Å²) in [5.41, 5.74) is 3.07. The molecule has 0 saturated heterocycles. The standard InChI is InChI=1S/C47H57F4NO2/c48-44-34-39(36-52)33-40(35-44)37-53-45(31-23-12-10-8-6-4-2-1-3-5-7-9-11-13-24-32-46(49,50)51)38-54-47(41-25-17-14-18-26-41,42-27-19-15-20-28-42)43-29-21-16-22-30-43/h14-22,25-30,33-35,45H,1-13,23-24,31-32,37-38H2/t45-/m0/s1. The molecule has 0 heterocycles. The van der Waals surface area contributed by atoms with Crippen molar-refractivity contribution in [3.05, 3.63) is 143 Å². The van der Waals surface area contributed by atoms with Gasteiger partial charge in [0.1, 0.15) is 11.4 Å². The molecule has 0 amide bonds. The van der Waals surface area contributed by atoms with Crippen molar-refractivity contribution in [1.82, 2.24) is 0 Å². The second kappa shape index (κ2) is 23.7. The van der Waals surface area contributed by atoms with Crippen LogP contribution in [0.2, 0.25) is 0 Å². The molecule has 7 heteroatoms. The number of unbranched alkanes of at least 4 members (excludes halogenated alkanes) is 14. The van der Waals surface area contributed by atoms with Crippen LogP contribution in [0.3, 0.4) is 0 Å². The van der Waals surface area contributed by atoms with Crippen molar-refractivity contribution in [2.24, 2.45) is 0 Å². The number of hydrogen-bond acceptors (Lipinski definition) is 3. The van der Waals surface area contributed by atoms with E-state index >= 15 is 0 Å². The van der Waals surface area contributed by atoms with E-state index in [-0.39, 0.29) is 24.7 Å². The summed E-state index contributed by atoms with van der Waals surface area (Å²) in [5, 5.41) is 9.39. The maximum atomic E-state index is 14.3. The minimum atomic E-state index is -4.02. The molecule has 0 spiro atoms. The quantitative estimate of drug-likeness (QED) is 0.0365. The van der Waals surface area contributed by atoms with Gasteiger partial charge in [0.15, 0.2) is 0 Å². The largest absolute Gasteiger partial charge is 0.389 e.